The van der Waals surface area contributed by atoms with E-state index >= 15 is 0 Å². The molecule has 0 saturated carbocycles. The number of fused-ring (bicyclic) bond motifs is 3. The number of benzene rings is 2. The van der Waals surface area contributed by atoms with Crippen LogP contribution in [-0.4, -0.2) is 4.40 Å². The van der Waals surface area contributed by atoms with Gasteiger partial charge in [0, 0.05) is 28.6 Å². The molecule has 3 nitrogen and oxygen atoms in total. The third-order valence-electron chi connectivity index (χ3n) is 5.77. The van der Waals surface area contributed by atoms with Gasteiger partial charge in [0.15, 0.2) is 0 Å². The zero-order valence-corrected chi connectivity index (χ0v) is 15.0. The van der Waals surface area contributed by atoms with Crippen molar-refractivity contribution in [1.82, 2.24) is 4.40 Å². The van der Waals surface area contributed by atoms with Gasteiger partial charge in [-0.2, -0.15) is 0 Å². The average Bonchev–Trinajstić information content (AvgIpc) is 3.03. The molecule has 0 radical (unpaired) electrons. The Morgan fingerprint density at radius 3 is 2.58 bits per heavy atom. The lowest BCUT2D eigenvalue weighted by atomic mass is 9.95. The molecule has 1 aliphatic rings. The molecule has 1 aliphatic carbocycles. The van der Waals surface area contributed by atoms with Crippen LogP contribution in [0.15, 0.2) is 53.3 Å². The Bertz CT molecular complexity index is 1160. The summed E-state index contributed by atoms with van der Waals surface area (Å²) in [5.74, 6) is 0. The van der Waals surface area contributed by atoms with E-state index in [0.29, 0.717) is 0 Å². The fourth-order valence-electron chi connectivity index (χ4n) is 4.51. The van der Waals surface area contributed by atoms with Crippen LogP contribution in [0, 0.1) is 6.92 Å². The highest BCUT2D eigenvalue weighted by atomic mass is 16.1. The number of aromatic nitrogens is 1. The first-order chi connectivity index (χ1) is 12.8. The summed E-state index contributed by atoms with van der Waals surface area (Å²) in [6.45, 7) is 2.67. The topological polar surface area (TPSA) is 33.5 Å². The first-order valence-electron chi connectivity index (χ1n) is 9.44. The van der Waals surface area contributed by atoms with Crippen LogP contribution in [0.4, 0.5) is 5.69 Å². The van der Waals surface area contributed by atoms with Gasteiger partial charge in [0.2, 0.25) is 0 Å². The zero-order chi connectivity index (χ0) is 17.7. The highest BCUT2D eigenvalue weighted by Gasteiger charge is 2.23. The smallest absolute Gasteiger partial charge is 0.260 e. The van der Waals surface area contributed by atoms with E-state index in [1.54, 1.807) is 0 Å². The van der Waals surface area contributed by atoms with Crippen LogP contribution in [0.2, 0.25) is 0 Å². The van der Waals surface area contributed by atoms with Crippen molar-refractivity contribution >= 4 is 22.0 Å². The molecule has 0 unspecified atom stereocenters. The number of nitrogens with one attached hydrogen (secondary N) is 1. The van der Waals surface area contributed by atoms with Crippen molar-refractivity contribution in [2.45, 2.75) is 39.2 Å². The third-order valence-corrected chi connectivity index (χ3v) is 5.77. The maximum absolute atomic E-state index is 13.2. The Kier molecular flexibility index (Phi) is 3.49. The molecule has 2 aromatic heterocycles. The van der Waals surface area contributed by atoms with Gasteiger partial charge in [0.1, 0.15) is 0 Å². The standard InChI is InChI=1S/C23H22N2O/c1-15-21(24-14-16-8-3-2-4-9-16)19-12-7-11-18-17-10-5-6-13-20(17)25(22(18)19)23(15)26/h2-4,7-9,11-12,24H,5-6,10,13-14H2,1H3. The van der Waals surface area contributed by atoms with Crippen LogP contribution in [-0.2, 0) is 19.4 Å². The quantitative estimate of drug-likeness (QED) is 0.586. The van der Waals surface area contributed by atoms with Gasteiger partial charge in [-0.3, -0.25) is 9.20 Å². The highest BCUT2D eigenvalue weighted by molar-refractivity contribution is 6.05. The molecule has 2 heterocycles. The number of rotatable bonds is 3. The van der Waals surface area contributed by atoms with Crippen molar-refractivity contribution < 1.29 is 0 Å². The predicted molar refractivity (Wildman–Crippen MR) is 108 cm³/mol. The number of hydrogen-bond donors (Lipinski definition) is 1. The molecule has 0 atom stereocenters. The molecule has 0 saturated heterocycles. The van der Waals surface area contributed by atoms with Crippen molar-refractivity contribution in [2.24, 2.45) is 0 Å². The summed E-state index contributed by atoms with van der Waals surface area (Å²) in [7, 11) is 0. The van der Waals surface area contributed by atoms with E-state index in [1.807, 2.05) is 29.5 Å². The molecule has 0 spiro atoms. The zero-order valence-electron chi connectivity index (χ0n) is 15.0. The van der Waals surface area contributed by atoms with Crippen LogP contribution in [0.3, 0.4) is 0 Å². The lowest BCUT2D eigenvalue weighted by molar-refractivity contribution is 0.668. The molecule has 26 heavy (non-hydrogen) atoms. The van der Waals surface area contributed by atoms with Gasteiger partial charge in [0.25, 0.3) is 5.56 Å². The first kappa shape index (κ1) is 15.4. The molecule has 4 aromatic rings. The van der Waals surface area contributed by atoms with Crippen LogP contribution < -0.4 is 10.9 Å². The molecule has 0 fully saturated rings. The average molecular weight is 342 g/mol. The van der Waals surface area contributed by atoms with Gasteiger partial charge >= 0.3 is 0 Å². The summed E-state index contributed by atoms with van der Waals surface area (Å²) in [6.07, 6.45) is 4.49. The van der Waals surface area contributed by atoms with E-state index in [0.717, 1.165) is 41.5 Å². The summed E-state index contributed by atoms with van der Waals surface area (Å²) in [5.41, 5.74) is 6.87. The predicted octanol–water partition coefficient (Wildman–Crippen LogP) is 4.69. The van der Waals surface area contributed by atoms with Crippen LogP contribution in [0.5, 0.6) is 0 Å². The minimum atomic E-state index is 0.132. The van der Waals surface area contributed by atoms with E-state index in [-0.39, 0.29) is 5.56 Å². The minimum Gasteiger partial charge on any atom is -0.380 e. The van der Waals surface area contributed by atoms with E-state index < -0.39 is 0 Å². The molecule has 0 aliphatic heterocycles. The molecule has 3 heteroatoms. The number of pyridine rings is 1. The molecule has 2 aromatic carbocycles. The Morgan fingerprint density at radius 1 is 0.962 bits per heavy atom. The third kappa shape index (κ3) is 2.16. The van der Waals surface area contributed by atoms with Gasteiger partial charge < -0.3 is 5.32 Å². The summed E-state index contributed by atoms with van der Waals surface area (Å²) in [5, 5.41) is 5.96. The second kappa shape index (κ2) is 5.87. The van der Waals surface area contributed by atoms with Gasteiger partial charge in [-0.05, 0) is 43.7 Å². The second-order valence-corrected chi connectivity index (χ2v) is 7.31. The van der Waals surface area contributed by atoms with Gasteiger partial charge in [-0.1, -0.05) is 48.5 Å². The normalized spacial score (nSPS) is 14.0. The Balaban J connectivity index is 1.74. The largest absolute Gasteiger partial charge is 0.380 e. The van der Waals surface area contributed by atoms with Crippen molar-refractivity contribution in [3.05, 3.63) is 81.3 Å². The van der Waals surface area contributed by atoms with E-state index in [9.17, 15) is 4.79 Å². The Morgan fingerprint density at radius 2 is 1.73 bits per heavy atom. The summed E-state index contributed by atoms with van der Waals surface area (Å²) in [4.78, 5) is 13.2. The van der Waals surface area contributed by atoms with Crippen molar-refractivity contribution in [3.63, 3.8) is 0 Å². The monoisotopic (exact) mass is 342 g/mol. The van der Waals surface area contributed by atoms with E-state index in [1.165, 1.54) is 35.0 Å². The molecular weight excluding hydrogens is 320 g/mol. The first-order valence-corrected chi connectivity index (χ1v) is 9.44. The van der Waals surface area contributed by atoms with E-state index in [2.05, 4.69) is 35.6 Å². The van der Waals surface area contributed by atoms with Crippen LogP contribution in [0.1, 0.15) is 35.2 Å². The Labute approximate surface area is 152 Å². The van der Waals surface area contributed by atoms with Crippen LogP contribution in [0.25, 0.3) is 16.3 Å². The molecule has 1 N–H and O–H groups in total. The highest BCUT2D eigenvalue weighted by Crippen LogP contribution is 2.36. The van der Waals surface area contributed by atoms with Crippen molar-refractivity contribution in [2.75, 3.05) is 5.32 Å². The number of hydrogen-bond acceptors (Lipinski definition) is 2. The van der Waals surface area contributed by atoms with Gasteiger partial charge in [-0.25, -0.2) is 0 Å². The van der Waals surface area contributed by atoms with Crippen molar-refractivity contribution in [1.29, 1.82) is 0 Å². The fraction of sp³-hybridized carbons (Fsp3) is 0.261. The number of aryl methyl sites for hydroxylation is 2. The number of para-hydroxylation sites is 1. The van der Waals surface area contributed by atoms with E-state index in [4.69, 9.17) is 0 Å². The molecule has 0 amide bonds. The lowest BCUT2D eigenvalue weighted by Crippen LogP contribution is -2.21. The van der Waals surface area contributed by atoms with Crippen LogP contribution >= 0.6 is 0 Å². The molecule has 0 bridgehead atoms. The SMILES string of the molecule is Cc1c(NCc2ccccc2)c2cccc3c4c(n(c1=O)c32)CCCC4. The number of anilines is 1. The summed E-state index contributed by atoms with van der Waals surface area (Å²) >= 11 is 0. The number of nitrogens with zero attached hydrogens (tertiary/aromatic N) is 1. The molecular formula is C23H22N2O. The second-order valence-electron chi connectivity index (χ2n) is 7.31. The molecule has 130 valence electrons. The maximum Gasteiger partial charge on any atom is 0.260 e. The summed E-state index contributed by atoms with van der Waals surface area (Å²) in [6, 6.07) is 16.8. The summed E-state index contributed by atoms with van der Waals surface area (Å²) < 4.78 is 2.00. The Hall–Kier alpha value is -2.81. The van der Waals surface area contributed by atoms with Crippen molar-refractivity contribution in [3.8, 4) is 0 Å². The molecule has 5 rings (SSSR count). The fourth-order valence-corrected chi connectivity index (χ4v) is 4.51. The maximum atomic E-state index is 13.2. The van der Waals surface area contributed by atoms with Gasteiger partial charge in [0.05, 0.1) is 11.2 Å². The van der Waals surface area contributed by atoms with Gasteiger partial charge in [-0.15, -0.1) is 0 Å². The lowest BCUT2D eigenvalue weighted by Gasteiger charge is -2.15. The minimum absolute atomic E-state index is 0.132.